The first-order valence-electron chi connectivity index (χ1n) is 5.70. The predicted octanol–water partition coefficient (Wildman–Crippen LogP) is 2.48. The van der Waals surface area contributed by atoms with Crippen molar-refractivity contribution < 1.29 is 13.9 Å². The van der Waals surface area contributed by atoms with Crippen molar-refractivity contribution in [2.24, 2.45) is 5.41 Å². The number of furan rings is 1. The molecule has 1 aromatic heterocycles. The van der Waals surface area contributed by atoms with Gasteiger partial charge < -0.3 is 14.5 Å². The summed E-state index contributed by atoms with van der Waals surface area (Å²) in [7, 11) is 0. The fourth-order valence-electron chi connectivity index (χ4n) is 1.86. The van der Waals surface area contributed by atoms with Crippen LogP contribution in [0.1, 0.15) is 30.3 Å². The lowest BCUT2D eigenvalue weighted by molar-refractivity contribution is 0.0237. The fourth-order valence-corrected chi connectivity index (χ4v) is 2.00. The number of carbonyl (C=O) groups excluding carboxylic acids is 1. The summed E-state index contributed by atoms with van der Waals surface area (Å²) in [5.41, 5.74) is 0.115. The molecule has 94 valence electrons. The molecule has 1 aliphatic rings. The number of ether oxygens (including phenoxy) is 1. The molecule has 0 spiro atoms. The van der Waals surface area contributed by atoms with E-state index in [1.807, 2.05) is 0 Å². The van der Waals surface area contributed by atoms with Gasteiger partial charge in [0.2, 0.25) is 0 Å². The standard InChI is InChI=1S/C12H16ClNO3/c1-12(4-6-16-7-5-12)8-14-11(15)9-2-3-10(13)17-9/h2-3H,4-8H2,1H3,(H,14,15). The predicted molar refractivity (Wildman–Crippen MR) is 64.2 cm³/mol. The third kappa shape index (κ3) is 3.23. The first kappa shape index (κ1) is 12.5. The minimum absolute atomic E-state index is 0.115. The van der Waals surface area contributed by atoms with Crippen molar-refractivity contribution in [1.82, 2.24) is 5.32 Å². The minimum Gasteiger partial charge on any atom is -0.440 e. The zero-order valence-corrected chi connectivity index (χ0v) is 10.5. The van der Waals surface area contributed by atoms with Gasteiger partial charge in [0.1, 0.15) is 0 Å². The molecule has 1 saturated heterocycles. The molecule has 2 heterocycles. The maximum Gasteiger partial charge on any atom is 0.287 e. The molecule has 0 radical (unpaired) electrons. The molecule has 0 unspecified atom stereocenters. The van der Waals surface area contributed by atoms with E-state index in [-0.39, 0.29) is 22.3 Å². The molecule has 0 bridgehead atoms. The molecular weight excluding hydrogens is 242 g/mol. The lowest BCUT2D eigenvalue weighted by Crippen LogP contribution is -2.39. The molecular formula is C12H16ClNO3. The quantitative estimate of drug-likeness (QED) is 0.905. The number of halogens is 1. The Balaban J connectivity index is 1.87. The van der Waals surface area contributed by atoms with E-state index in [2.05, 4.69) is 12.2 Å². The van der Waals surface area contributed by atoms with Crippen LogP contribution in [0.5, 0.6) is 0 Å². The normalized spacial score (nSPS) is 18.9. The lowest BCUT2D eigenvalue weighted by atomic mass is 9.82. The second-order valence-electron chi connectivity index (χ2n) is 4.71. The number of amides is 1. The summed E-state index contributed by atoms with van der Waals surface area (Å²) >= 11 is 5.62. The summed E-state index contributed by atoms with van der Waals surface area (Å²) in [5.74, 6) is 0.0373. The Morgan fingerprint density at radius 2 is 2.18 bits per heavy atom. The molecule has 1 aliphatic heterocycles. The molecule has 1 fully saturated rings. The van der Waals surface area contributed by atoms with E-state index in [1.165, 1.54) is 0 Å². The van der Waals surface area contributed by atoms with Crippen molar-refractivity contribution >= 4 is 17.5 Å². The molecule has 17 heavy (non-hydrogen) atoms. The Morgan fingerprint density at radius 1 is 1.47 bits per heavy atom. The molecule has 2 rings (SSSR count). The van der Waals surface area contributed by atoms with Crippen molar-refractivity contribution in [3.8, 4) is 0 Å². The molecule has 0 aliphatic carbocycles. The van der Waals surface area contributed by atoms with Gasteiger partial charge >= 0.3 is 0 Å². The van der Waals surface area contributed by atoms with E-state index in [4.69, 9.17) is 20.8 Å². The van der Waals surface area contributed by atoms with E-state index in [0.29, 0.717) is 6.54 Å². The van der Waals surface area contributed by atoms with Gasteiger partial charge in [-0.25, -0.2) is 0 Å². The van der Waals surface area contributed by atoms with Gasteiger partial charge in [0.05, 0.1) is 0 Å². The second kappa shape index (κ2) is 5.10. The van der Waals surface area contributed by atoms with Gasteiger partial charge in [-0.2, -0.15) is 0 Å². The number of hydrogen-bond acceptors (Lipinski definition) is 3. The van der Waals surface area contributed by atoms with Crippen LogP contribution in [-0.2, 0) is 4.74 Å². The van der Waals surface area contributed by atoms with E-state index in [9.17, 15) is 4.79 Å². The van der Waals surface area contributed by atoms with Crippen LogP contribution in [0.15, 0.2) is 16.5 Å². The monoisotopic (exact) mass is 257 g/mol. The van der Waals surface area contributed by atoms with E-state index < -0.39 is 0 Å². The van der Waals surface area contributed by atoms with Crippen LogP contribution in [0.25, 0.3) is 0 Å². The highest BCUT2D eigenvalue weighted by Gasteiger charge is 2.28. The number of rotatable bonds is 3. The Labute approximate surface area is 105 Å². The molecule has 4 nitrogen and oxygen atoms in total. The van der Waals surface area contributed by atoms with E-state index in [1.54, 1.807) is 12.1 Å². The molecule has 1 amide bonds. The number of nitrogens with one attached hydrogen (secondary N) is 1. The summed E-state index contributed by atoms with van der Waals surface area (Å²) < 4.78 is 10.4. The summed E-state index contributed by atoms with van der Waals surface area (Å²) in [5, 5.41) is 3.10. The van der Waals surface area contributed by atoms with Crippen LogP contribution in [0.4, 0.5) is 0 Å². The van der Waals surface area contributed by atoms with Gasteiger partial charge in [0.25, 0.3) is 5.91 Å². The highest BCUT2D eigenvalue weighted by molar-refractivity contribution is 6.29. The highest BCUT2D eigenvalue weighted by atomic mass is 35.5. The fraction of sp³-hybridized carbons (Fsp3) is 0.583. The van der Waals surface area contributed by atoms with Crippen LogP contribution in [0, 0.1) is 5.41 Å². The van der Waals surface area contributed by atoms with Gasteiger partial charge in [0, 0.05) is 19.8 Å². The van der Waals surface area contributed by atoms with Crippen LogP contribution in [-0.4, -0.2) is 25.7 Å². The third-order valence-electron chi connectivity index (χ3n) is 3.17. The van der Waals surface area contributed by atoms with Crippen LogP contribution in [0.2, 0.25) is 5.22 Å². The number of hydrogen-bond donors (Lipinski definition) is 1. The summed E-state index contributed by atoms with van der Waals surface area (Å²) in [4.78, 5) is 11.7. The minimum atomic E-state index is -0.218. The van der Waals surface area contributed by atoms with Crippen molar-refractivity contribution in [1.29, 1.82) is 0 Å². The van der Waals surface area contributed by atoms with Crippen molar-refractivity contribution in [3.63, 3.8) is 0 Å². The topological polar surface area (TPSA) is 51.5 Å². The van der Waals surface area contributed by atoms with E-state index >= 15 is 0 Å². The van der Waals surface area contributed by atoms with Crippen LogP contribution >= 0.6 is 11.6 Å². The van der Waals surface area contributed by atoms with Crippen molar-refractivity contribution in [2.45, 2.75) is 19.8 Å². The van der Waals surface area contributed by atoms with E-state index in [0.717, 1.165) is 26.1 Å². The Morgan fingerprint density at radius 3 is 2.76 bits per heavy atom. The van der Waals surface area contributed by atoms with Gasteiger partial charge in [-0.15, -0.1) is 0 Å². The third-order valence-corrected chi connectivity index (χ3v) is 3.38. The first-order valence-corrected chi connectivity index (χ1v) is 6.08. The summed E-state index contributed by atoms with van der Waals surface area (Å²) in [6.07, 6.45) is 1.93. The molecule has 0 saturated carbocycles. The summed E-state index contributed by atoms with van der Waals surface area (Å²) in [6, 6.07) is 3.14. The van der Waals surface area contributed by atoms with Crippen LogP contribution < -0.4 is 5.32 Å². The van der Waals surface area contributed by atoms with Crippen molar-refractivity contribution in [3.05, 3.63) is 23.1 Å². The molecule has 0 aromatic carbocycles. The van der Waals surface area contributed by atoms with Crippen LogP contribution in [0.3, 0.4) is 0 Å². The summed E-state index contributed by atoms with van der Waals surface area (Å²) in [6.45, 7) is 4.32. The molecule has 0 atom stereocenters. The van der Waals surface area contributed by atoms with Crippen molar-refractivity contribution in [2.75, 3.05) is 19.8 Å². The molecule has 1 aromatic rings. The zero-order valence-electron chi connectivity index (χ0n) is 9.79. The Bertz CT molecular complexity index is 396. The smallest absolute Gasteiger partial charge is 0.287 e. The average Bonchev–Trinajstić information content (AvgIpc) is 2.74. The second-order valence-corrected chi connectivity index (χ2v) is 5.08. The van der Waals surface area contributed by atoms with Gasteiger partial charge in [0.15, 0.2) is 11.0 Å². The number of carbonyl (C=O) groups is 1. The Hall–Kier alpha value is -1.00. The molecule has 1 N–H and O–H groups in total. The average molecular weight is 258 g/mol. The molecule has 5 heteroatoms. The maximum atomic E-state index is 11.7. The highest BCUT2D eigenvalue weighted by Crippen LogP contribution is 2.28. The largest absolute Gasteiger partial charge is 0.440 e. The lowest BCUT2D eigenvalue weighted by Gasteiger charge is -2.33. The first-order chi connectivity index (χ1) is 8.09. The zero-order chi connectivity index (χ0) is 12.3. The van der Waals surface area contributed by atoms with Gasteiger partial charge in [-0.1, -0.05) is 6.92 Å². The van der Waals surface area contributed by atoms with Gasteiger partial charge in [-0.05, 0) is 42.0 Å². The maximum absolute atomic E-state index is 11.7. The van der Waals surface area contributed by atoms with Gasteiger partial charge in [-0.3, -0.25) is 4.79 Å². The SMILES string of the molecule is CC1(CNC(=O)c2ccc(Cl)o2)CCOCC1. The Kier molecular flexibility index (Phi) is 3.74.